The van der Waals surface area contributed by atoms with E-state index < -0.39 is 0 Å². The standard InChI is InChI=1S/C24H23Cl2N3/c1-28(2)9-4-10-29-16-23(22-8-7-21(26)13-24(22)29)19-11-18(14-27-15-19)17-5-3-6-20(25)12-17/h3,5-8,11-16H,4,9-10H2,1-2H3. The van der Waals surface area contributed by atoms with E-state index >= 15 is 0 Å². The number of halogens is 2. The number of benzene rings is 2. The number of fused-ring (bicyclic) bond motifs is 1. The Kier molecular flexibility index (Phi) is 5.91. The van der Waals surface area contributed by atoms with Crippen LogP contribution in [0.1, 0.15) is 6.42 Å². The van der Waals surface area contributed by atoms with Crippen LogP contribution in [0.15, 0.2) is 67.1 Å². The van der Waals surface area contributed by atoms with Crippen LogP contribution in [0.3, 0.4) is 0 Å². The molecule has 0 unspecified atom stereocenters. The zero-order chi connectivity index (χ0) is 20.4. The Morgan fingerprint density at radius 1 is 0.897 bits per heavy atom. The highest BCUT2D eigenvalue weighted by atomic mass is 35.5. The van der Waals surface area contributed by atoms with E-state index in [0.717, 1.165) is 57.3 Å². The summed E-state index contributed by atoms with van der Waals surface area (Å²) in [5.41, 5.74) is 5.51. The molecule has 2 heterocycles. The summed E-state index contributed by atoms with van der Waals surface area (Å²) >= 11 is 12.5. The van der Waals surface area contributed by atoms with Crippen molar-refractivity contribution < 1.29 is 0 Å². The molecule has 0 N–H and O–H groups in total. The van der Waals surface area contributed by atoms with Gasteiger partial charge in [0.1, 0.15) is 0 Å². The first kappa shape index (κ1) is 20.0. The second-order valence-electron chi connectivity index (χ2n) is 7.53. The van der Waals surface area contributed by atoms with Crippen LogP contribution < -0.4 is 0 Å². The predicted molar refractivity (Wildman–Crippen MR) is 124 cm³/mol. The summed E-state index contributed by atoms with van der Waals surface area (Å²) in [5.74, 6) is 0. The second kappa shape index (κ2) is 8.58. The van der Waals surface area contributed by atoms with Crippen LogP contribution in [-0.2, 0) is 6.54 Å². The molecule has 4 aromatic rings. The van der Waals surface area contributed by atoms with Crippen molar-refractivity contribution in [1.29, 1.82) is 0 Å². The van der Waals surface area contributed by atoms with Gasteiger partial charge in [-0.3, -0.25) is 4.98 Å². The molecule has 0 saturated carbocycles. The van der Waals surface area contributed by atoms with E-state index in [1.807, 2.05) is 42.7 Å². The fourth-order valence-corrected chi connectivity index (χ4v) is 4.01. The highest BCUT2D eigenvalue weighted by Gasteiger charge is 2.12. The van der Waals surface area contributed by atoms with E-state index in [0.29, 0.717) is 0 Å². The van der Waals surface area contributed by atoms with Crippen LogP contribution in [0.5, 0.6) is 0 Å². The zero-order valence-electron chi connectivity index (χ0n) is 16.6. The molecule has 0 amide bonds. The first-order valence-electron chi connectivity index (χ1n) is 9.66. The molecule has 29 heavy (non-hydrogen) atoms. The number of hydrogen-bond acceptors (Lipinski definition) is 2. The third-order valence-corrected chi connectivity index (χ3v) is 5.53. The molecule has 0 aliphatic carbocycles. The summed E-state index contributed by atoms with van der Waals surface area (Å²) < 4.78 is 2.30. The summed E-state index contributed by atoms with van der Waals surface area (Å²) in [7, 11) is 4.20. The Bertz CT molecular complexity index is 1150. The topological polar surface area (TPSA) is 21.1 Å². The van der Waals surface area contributed by atoms with Gasteiger partial charge < -0.3 is 9.47 Å². The number of pyridine rings is 1. The molecule has 0 aliphatic rings. The Balaban J connectivity index is 1.77. The van der Waals surface area contributed by atoms with Gasteiger partial charge in [-0.15, -0.1) is 0 Å². The Hall–Kier alpha value is -2.33. The van der Waals surface area contributed by atoms with Crippen LogP contribution in [0, 0.1) is 0 Å². The van der Waals surface area contributed by atoms with Gasteiger partial charge >= 0.3 is 0 Å². The van der Waals surface area contributed by atoms with Gasteiger partial charge in [0, 0.05) is 57.3 Å². The Labute approximate surface area is 181 Å². The molecule has 4 rings (SSSR count). The molecule has 0 aliphatic heterocycles. The molecule has 2 aromatic heterocycles. The molecular weight excluding hydrogens is 401 g/mol. The lowest BCUT2D eigenvalue weighted by molar-refractivity contribution is 0.388. The molecule has 0 radical (unpaired) electrons. The van der Waals surface area contributed by atoms with Gasteiger partial charge in [0.15, 0.2) is 0 Å². The summed E-state index contributed by atoms with van der Waals surface area (Å²) in [6.45, 7) is 1.98. The van der Waals surface area contributed by atoms with Gasteiger partial charge in [0.2, 0.25) is 0 Å². The van der Waals surface area contributed by atoms with Crippen molar-refractivity contribution in [3.8, 4) is 22.3 Å². The van der Waals surface area contributed by atoms with Crippen LogP contribution >= 0.6 is 23.2 Å². The van der Waals surface area contributed by atoms with E-state index in [4.69, 9.17) is 23.2 Å². The minimum absolute atomic E-state index is 0.722. The van der Waals surface area contributed by atoms with Crippen molar-refractivity contribution in [2.45, 2.75) is 13.0 Å². The van der Waals surface area contributed by atoms with Crippen molar-refractivity contribution in [3.63, 3.8) is 0 Å². The molecule has 2 aromatic carbocycles. The van der Waals surface area contributed by atoms with E-state index in [9.17, 15) is 0 Å². The average Bonchev–Trinajstić information content (AvgIpc) is 3.06. The molecule has 148 valence electrons. The van der Waals surface area contributed by atoms with E-state index in [-0.39, 0.29) is 0 Å². The number of aromatic nitrogens is 2. The predicted octanol–water partition coefficient (Wildman–Crippen LogP) is 6.63. The lowest BCUT2D eigenvalue weighted by atomic mass is 10.0. The molecule has 3 nitrogen and oxygen atoms in total. The van der Waals surface area contributed by atoms with Gasteiger partial charge in [-0.1, -0.05) is 41.4 Å². The maximum atomic E-state index is 6.30. The van der Waals surface area contributed by atoms with Crippen molar-refractivity contribution in [1.82, 2.24) is 14.5 Å². The van der Waals surface area contributed by atoms with Crippen molar-refractivity contribution in [2.24, 2.45) is 0 Å². The summed E-state index contributed by atoms with van der Waals surface area (Å²) in [6.07, 6.45) is 7.09. The number of hydrogen-bond donors (Lipinski definition) is 0. The molecule has 0 fully saturated rings. The first-order valence-corrected chi connectivity index (χ1v) is 10.4. The Morgan fingerprint density at radius 2 is 1.69 bits per heavy atom. The molecule has 5 heteroatoms. The third kappa shape index (κ3) is 4.48. The normalized spacial score (nSPS) is 11.5. The average molecular weight is 424 g/mol. The third-order valence-electron chi connectivity index (χ3n) is 5.06. The SMILES string of the molecule is CN(C)CCCn1cc(-c2cncc(-c3cccc(Cl)c3)c2)c2ccc(Cl)cc21. The summed E-state index contributed by atoms with van der Waals surface area (Å²) in [5, 5.41) is 2.66. The molecule has 0 atom stereocenters. The van der Waals surface area contributed by atoms with Gasteiger partial charge in [0.05, 0.1) is 5.52 Å². The van der Waals surface area contributed by atoms with Crippen LogP contribution in [0.2, 0.25) is 10.0 Å². The minimum atomic E-state index is 0.722. The van der Waals surface area contributed by atoms with Crippen molar-refractivity contribution >= 4 is 34.1 Å². The molecule has 0 bridgehead atoms. The lowest BCUT2D eigenvalue weighted by Crippen LogP contribution is -2.14. The first-order chi connectivity index (χ1) is 14.0. The van der Waals surface area contributed by atoms with E-state index in [1.54, 1.807) is 0 Å². The lowest BCUT2D eigenvalue weighted by Gasteiger charge is -2.10. The van der Waals surface area contributed by atoms with Crippen molar-refractivity contribution in [3.05, 3.63) is 77.2 Å². The van der Waals surface area contributed by atoms with Crippen molar-refractivity contribution in [2.75, 3.05) is 20.6 Å². The molecule has 0 saturated heterocycles. The minimum Gasteiger partial charge on any atom is -0.347 e. The Morgan fingerprint density at radius 3 is 2.48 bits per heavy atom. The van der Waals surface area contributed by atoms with Crippen LogP contribution in [0.4, 0.5) is 0 Å². The van der Waals surface area contributed by atoms with E-state index in [1.165, 1.54) is 5.39 Å². The molecule has 0 spiro atoms. The second-order valence-corrected chi connectivity index (χ2v) is 8.40. The molecular formula is C24H23Cl2N3. The quantitative estimate of drug-likeness (QED) is 0.346. The summed E-state index contributed by atoms with van der Waals surface area (Å²) in [6, 6.07) is 16.1. The van der Waals surface area contributed by atoms with Crippen LogP contribution in [-0.4, -0.2) is 35.1 Å². The number of rotatable bonds is 6. The largest absolute Gasteiger partial charge is 0.347 e. The van der Waals surface area contributed by atoms with Gasteiger partial charge in [0.25, 0.3) is 0 Å². The van der Waals surface area contributed by atoms with E-state index in [2.05, 4.69) is 52.9 Å². The monoisotopic (exact) mass is 423 g/mol. The summed E-state index contributed by atoms with van der Waals surface area (Å²) in [4.78, 5) is 6.71. The smallest absolute Gasteiger partial charge is 0.0501 e. The zero-order valence-corrected chi connectivity index (χ0v) is 18.1. The highest BCUT2D eigenvalue weighted by Crippen LogP contribution is 2.34. The van der Waals surface area contributed by atoms with Crippen LogP contribution in [0.25, 0.3) is 33.2 Å². The fourth-order valence-electron chi connectivity index (χ4n) is 3.65. The maximum absolute atomic E-state index is 6.30. The van der Waals surface area contributed by atoms with Gasteiger partial charge in [-0.05, 0) is 63.0 Å². The van der Waals surface area contributed by atoms with Gasteiger partial charge in [-0.2, -0.15) is 0 Å². The van der Waals surface area contributed by atoms with Gasteiger partial charge in [-0.25, -0.2) is 0 Å². The fraction of sp³-hybridized carbons (Fsp3) is 0.208. The number of aryl methyl sites for hydroxylation is 1. The number of nitrogens with zero attached hydrogens (tertiary/aromatic N) is 3. The maximum Gasteiger partial charge on any atom is 0.0501 e. The highest BCUT2D eigenvalue weighted by molar-refractivity contribution is 6.31.